The predicted molar refractivity (Wildman–Crippen MR) is 149 cm³/mol. The predicted octanol–water partition coefficient (Wildman–Crippen LogP) is -2.75. The number of anilines is 4. The Labute approximate surface area is 309 Å². The van der Waals surface area contributed by atoms with Crippen LogP contribution in [0.3, 0.4) is 0 Å². The van der Waals surface area contributed by atoms with Gasteiger partial charge in [0.15, 0.2) is 17.4 Å². The van der Waals surface area contributed by atoms with Crippen molar-refractivity contribution in [3.63, 3.8) is 0 Å². The fourth-order valence-electron chi connectivity index (χ4n) is 4.73. The van der Waals surface area contributed by atoms with Crippen molar-refractivity contribution in [1.29, 1.82) is 0 Å². The molecule has 0 spiro atoms. The summed E-state index contributed by atoms with van der Waals surface area (Å²) in [5.74, 6) is -3.68. The number of nitrogen functional groups attached to an aromatic ring is 1. The van der Waals surface area contributed by atoms with Crippen LogP contribution in [0.25, 0.3) is 0 Å². The molecule has 0 fully saturated rings. The van der Waals surface area contributed by atoms with E-state index in [0.29, 0.717) is 6.07 Å². The minimum absolute atomic E-state index is 0. The van der Waals surface area contributed by atoms with Crippen molar-refractivity contribution in [2.75, 3.05) is 16.4 Å². The third kappa shape index (κ3) is 7.14. The van der Waals surface area contributed by atoms with Crippen LogP contribution in [-0.2, 0) is 26.8 Å². The van der Waals surface area contributed by atoms with E-state index in [0.717, 1.165) is 6.07 Å². The molecule has 0 bridgehead atoms. The zero-order valence-corrected chi connectivity index (χ0v) is 30.3. The number of benzene rings is 3. The second kappa shape index (κ2) is 13.9. The first-order valence-corrected chi connectivity index (χ1v) is 15.3. The van der Waals surface area contributed by atoms with Crippen LogP contribution in [0, 0.1) is 18.9 Å². The summed E-state index contributed by atoms with van der Waals surface area (Å²) in [4.78, 5) is 31.3. The molecule has 13 nitrogen and oxygen atoms in total. The number of nitrogens with two attached hydrogens (primary N) is 1. The Morgan fingerprint density at radius 3 is 2.02 bits per heavy atom. The van der Waals surface area contributed by atoms with Crippen LogP contribution >= 0.6 is 11.6 Å². The van der Waals surface area contributed by atoms with Crippen molar-refractivity contribution in [3.8, 4) is 0 Å². The second-order valence-corrected chi connectivity index (χ2v) is 12.5. The van der Waals surface area contributed by atoms with E-state index in [-0.39, 0.29) is 81.4 Å². The Bertz CT molecular complexity index is 2170. The summed E-state index contributed by atoms with van der Waals surface area (Å²) >= 11 is 5.80. The SMILES string of the molecule is Cc1cc(CNc2nc(F)nc(F)c2Cl)c(Nc2cc(S(=O)(=O)[O-])c(N)c3c2C(=O)c2ccccc2C3=O)c(S(=O)(=O)[O-])c1.[Na+].[Na+]. The Hall–Kier alpha value is -2.55. The third-order valence-electron chi connectivity index (χ3n) is 6.56. The Kier molecular flexibility index (Phi) is 11.4. The molecule has 0 atom stereocenters. The van der Waals surface area contributed by atoms with E-state index in [1.807, 2.05) is 0 Å². The summed E-state index contributed by atoms with van der Waals surface area (Å²) in [6.07, 6.45) is -1.48. The number of aryl methyl sites for hydroxylation is 1. The third-order valence-corrected chi connectivity index (χ3v) is 8.63. The van der Waals surface area contributed by atoms with E-state index in [2.05, 4.69) is 20.6 Å². The van der Waals surface area contributed by atoms with Crippen molar-refractivity contribution in [1.82, 2.24) is 9.97 Å². The summed E-state index contributed by atoms with van der Waals surface area (Å²) in [5, 5.41) is 4.31. The minimum Gasteiger partial charge on any atom is -0.744 e. The average Bonchev–Trinajstić information content (AvgIpc) is 2.93. The van der Waals surface area contributed by atoms with Crippen LogP contribution in [0.4, 0.5) is 31.7 Å². The topological polar surface area (TPSA) is 224 Å². The first-order valence-electron chi connectivity index (χ1n) is 12.1. The van der Waals surface area contributed by atoms with Gasteiger partial charge in [0.25, 0.3) is 0 Å². The number of nitrogens with zero attached hydrogens (tertiary/aromatic N) is 2. The summed E-state index contributed by atoms with van der Waals surface area (Å²) in [6, 6.07) is 8.44. The Balaban J connectivity index is 0.00000288. The van der Waals surface area contributed by atoms with Gasteiger partial charge in [0.2, 0.25) is 5.95 Å². The van der Waals surface area contributed by atoms with Gasteiger partial charge in [-0.2, -0.15) is 18.7 Å². The van der Waals surface area contributed by atoms with Gasteiger partial charge in [-0.05, 0) is 30.2 Å². The number of halogens is 3. The molecule has 3 aromatic carbocycles. The molecule has 46 heavy (non-hydrogen) atoms. The van der Waals surface area contributed by atoms with Gasteiger partial charge in [-0.1, -0.05) is 41.9 Å². The van der Waals surface area contributed by atoms with E-state index in [1.54, 1.807) is 0 Å². The largest absolute Gasteiger partial charge is 1.00 e. The fraction of sp³-hybridized carbons (Fsp3) is 0.0769. The van der Waals surface area contributed by atoms with Gasteiger partial charge in [0, 0.05) is 17.7 Å². The van der Waals surface area contributed by atoms with Gasteiger partial charge in [0.1, 0.15) is 25.3 Å². The number of rotatable bonds is 7. The molecule has 1 aromatic heterocycles. The molecule has 4 aromatic rings. The van der Waals surface area contributed by atoms with Gasteiger partial charge in [-0.25, -0.2) is 16.8 Å². The molecule has 1 aliphatic rings. The molecule has 0 radical (unpaired) electrons. The quantitative estimate of drug-likeness (QED) is 0.0513. The van der Waals surface area contributed by atoms with E-state index in [1.165, 1.54) is 37.3 Å². The van der Waals surface area contributed by atoms with Gasteiger partial charge in [-0.3, -0.25) is 9.59 Å². The van der Waals surface area contributed by atoms with Crippen molar-refractivity contribution >= 4 is 66.3 Å². The van der Waals surface area contributed by atoms with Crippen LogP contribution in [0.5, 0.6) is 0 Å². The van der Waals surface area contributed by atoms with Crippen LogP contribution < -0.4 is 75.5 Å². The molecular formula is C26H16ClF2N5Na2O8S2. The molecule has 228 valence electrons. The van der Waals surface area contributed by atoms with Crippen LogP contribution in [0.15, 0.2) is 52.3 Å². The number of nitrogens with one attached hydrogen (secondary N) is 2. The number of carbonyl (C=O) groups excluding carboxylic acids is 2. The normalized spacial score (nSPS) is 12.4. The Morgan fingerprint density at radius 1 is 0.891 bits per heavy atom. The molecule has 1 aliphatic carbocycles. The summed E-state index contributed by atoms with van der Waals surface area (Å²) in [5.41, 5.74) is 2.79. The standard InChI is InChI=1S/C26H18ClF2N5O8S2.2Na/c1-10-6-11(9-31-25-19(27)24(28)33-26(29)34-25)21(16(7-10)44(40,41)42)32-14-8-15(43(37,38)39)20(30)18-17(14)22(35)12-4-2-3-5-13(12)23(18)36;;/h2-8,32H,9,30H2,1H3,(H,31,33,34)(H,37,38,39)(H,40,41,42);;/q;2*+1/p-2. The molecule has 0 saturated heterocycles. The van der Waals surface area contributed by atoms with Crippen LogP contribution in [0.1, 0.15) is 43.0 Å². The van der Waals surface area contributed by atoms with Crippen molar-refractivity contribution in [2.45, 2.75) is 23.3 Å². The van der Waals surface area contributed by atoms with Crippen LogP contribution in [-0.4, -0.2) is 47.5 Å². The van der Waals surface area contributed by atoms with Crippen molar-refractivity contribution in [2.24, 2.45) is 0 Å². The smallest absolute Gasteiger partial charge is 0.744 e. The minimum atomic E-state index is -5.39. The number of hydrogen-bond acceptors (Lipinski definition) is 13. The second-order valence-electron chi connectivity index (χ2n) is 9.42. The molecule has 0 aliphatic heterocycles. The van der Waals surface area contributed by atoms with Gasteiger partial charge in [0.05, 0.1) is 38.0 Å². The van der Waals surface area contributed by atoms with Gasteiger partial charge < -0.3 is 25.5 Å². The van der Waals surface area contributed by atoms with Gasteiger partial charge in [-0.15, -0.1) is 0 Å². The fourth-order valence-corrected chi connectivity index (χ4v) is 6.28. The first-order chi connectivity index (χ1) is 20.5. The number of hydrogen-bond donors (Lipinski definition) is 3. The molecule has 1 heterocycles. The molecule has 0 unspecified atom stereocenters. The van der Waals surface area contributed by atoms with Crippen LogP contribution in [0.2, 0.25) is 5.02 Å². The molecule has 20 heteroatoms. The maximum Gasteiger partial charge on any atom is 1.00 e. The zero-order chi connectivity index (χ0) is 32.3. The molecular weight excluding hydrogens is 694 g/mol. The van der Waals surface area contributed by atoms with E-state index < -0.39 is 99.2 Å². The monoisotopic (exact) mass is 709 g/mol. The maximum absolute atomic E-state index is 13.9. The number of aromatic nitrogens is 2. The van der Waals surface area contributed by atoms with Crippen molar-refractivity contribution < 1.29 is 103 Å². The maximum atomic E-state index is 13.9. The summed E-state index contributed by atoms with van der Waals surface area (Å²) in [7, 11) is -10.7. The average molecular weight is 710 g/mol. The molecule has 4 N–H and O–H groups in total. The number of ketones is 2. The number of fused-ring (bicyclic) bond motifs is 2. The molecule has 0 amide bonds. The van der Waals surface area contributed by atoms with Crippen molar-refractivity contribution in [3.05, 3.63) is 92.9 Å². The summed E-state index contributed by atoms with van der Waals surface area (Å²) < 4.78 is 101. The van der Waals surface area contributed by atoms with Gasteiger partial charge >= 0.3 is 65.2 Å². The number of carbonyl (C=O) groups is 2. The van der Waals surface area contributed by atoms with E-state index in [9.17, 15) is 44.3 Å². The molecule has 5 rings (SSSR count). The molecule has 0 saturated carbocycles. The summed E-state index contributed by atoms with van der Waals surface area (Å²) in [6.45, 7) is 0.910. The van der Waals surface area contributed by atoms with E-state index in [4.69, 9.17) is 17.3 Å². The zero-order valence-electron chi connectivity index (χ0n) is 23.9. The Morgan fingerprint density at radius 2 is 1.46 bits per heavy atom. The first kappa shape index (κ1) is 37.9. The van der Waals surface area contributed by atoms with E-state index >= 15 is 0 Å².